The minimum Gasteiger partial charge on any atom is -0.388 e. The molecule has 1 amide bonds. The smallest absolute Gasteiger partial charge is 0.257 e. The molecule has 0 bridgehead atoms. The molecule has 0 aromatic carbocycles. The Morgan fingerprint density at radius 1 is 1.29 bits per heavy atom. The molecule has 6 rings (SSSR count). The number of anilines is 1. The van der Waals surface area contributed by atoms with Crippen molar-refractivity contribution in [2.75, 3.05) is 25.6 Å². The maximum atomic E-state index is 13.7. The van der Waals surface area contributed by atoms with Gasteiger partial charge in [-0.1, -0.05) is 0 Å². The molecule has 1 aliphatic heterocycles. The molecular formula is C23H24FN7O3. The summed E-state index contributed by atoms with van der Waals surface area (Å²) in [6, 6.07) is 4.91. The molecule has 10 nitrogen and oxygen atoms in total. The molecule has 3 N–H and O–H groups in total. The zero-order chi connectivity index (χ0) is 23.4. The van der Waals surface area contributed by atoms with Crippen LogP contribution in [0.15, 0.2) is 36.8 Å². The van der Waals surface area contributed by atoms with Crippen LogP contribution >= 0.6 is 0 Å². The summed E-state index contributed by atoms with van der Waals surface area (Å²) in [7, 11) is 1.76. The first kappa shape index (κ1) is 21.0. The molecule has 34 heavy (non-hydrogen) atoms. The first-order valence-corrected chi connectivity index (χ1v) is 11.3. The first-order valence-electron chi connectivity index (χ1n) is 11.3. The highest BCUT2D eigenvalue weighted by molar-refractivity contribution is 6.01. The lowest BCUT2D eigenvalue weighted by Crippen LogP contribution is -2.48. The molecule has 11 heteroatoms. The Kier molecular flexibility index (Phi) is 4.96. The lowest BCUT2D eigenvalue weighted by Gasteiger charge is -2.30. The zero-order valence-corrected chi connectivity index (χ0v) is 18.5. The number of carbonyl (C=O) groups is 1. The fourth-order valence-electron chi connectivity index (χ4n) is 4.64. The molecule has 4 aromatic heterocycles. The van der Waals surface area contributed by atoms with Crippen LogP contribution in [0.4, 0.5) is 10.2 Å². The Morgan fingerprint density at radius 2 is 2.18 bits per heavy atom. The summed E-state index contributed by atoms with van der Waals surface area (Å²) in [5, 5.41) is 21.5. The van der Waals surface area contributed by atoms with Crippen LogP contribution in [0.5, 0.6) is 0 Å². The number of pyridine rings is 1. The van der Waals surface area contributed by atoms with Crippen molar-refractivity contribution in [1.82, 2.24) is 29.5 Å². The van der Waals surface area contributed by atoms with E-state index in [-0.39, 0.29) is 18.2 Å². The number of alkyl halides is 1. The molecule has 5 heterocycles. The average molecular weight is 465 g/mol. The molecule has 1 saturated heterocycles. The van der Waals surface area contributed by atoms with Crippen LogP contribution in [0.1, 0.15) is 29.2 Å². The molecule has 1 aliphatic carbocycles. The number of nitrogens with one attached hydrogen (secondary N) is 2. The van der Waals surface area contributed by atoms with Crippen LogP contribution in [0.3, 0.4) is 0 Å². The highest BCUT2D eigenvalue weighted by atomic mass is 19.1. The standard InChI is InChI=1S/C23H24FN7O3/c1-25-20-7-17(28-22-13(8-27-31(20)22)23(33)29-16-5-4-15(16)24)14-9-30(18-10-34-11-19(18)32)21-12(14)3-2-6-26-21/h2-3,6-9,15-16,18-19,25,32H,4-5,10-11H2,1H3,(H,29,33)/t15-,16?,18+,19+/m0/s1. The number of ether oxygens (including phenoxy) is 1. The van der Waals surface area contributed by atoms with Crippen LogP contribution in [0.25, 0.3) is 27.9 Å². The van der Waals surface area contributed by atoms with Gasteiger partial charge in [0.05, 0.1) is 37.2 Å². The summed E-state index contributed by atoms with van der Waals surface area (Å²) in [4.78, 5) is 22.2. The number of hydrogen-bond acceptors (Lipinski definition) is 7. The number of halogens is 1. The Bertz CT molecular complexity index is 1400. The van der Waals surface area contributed by atoms with Crippen molar-refractivity contribution in [2.24, 2.45) is 0 Å². The van der Waals surface area contributed by atoms with E-state index in [1.165, 1.54) is 6.20 Å². The van der Waals surface area contributed by atoms with Gasteiger partial charge in [-0.2, -0.15) is 9.61 Å². The van der Waals surface area contributed by atoms with Gasteiger partial charge in [0.1, 0.15) is 29.3 Å². The SMILES string of the molecule is CNc1cc(-c2cn([C@@H]3COC[C@H]3O)c3ncccc23)nc2c(C(=O)NC3CC[C@@H]3F)cnn12. The van der Waals surface area contributed by atoms with Gasteiger partial charge in [-0.05, 0) is 25.0 Å². The van der Waals surface area contributed by atoms with Gasteiger partial charge < -0.3 is 25.0 Å². The fourth-order valence-corrected chi connectivity index (χ4v) is 4.64. The van der Waals surface area contributed by atoms with Crippen LogP contribution < -0.4 is 10.6 Å². The lowest BCUT2D eigenvalue weighted by atomic mass is 9.90. The monoisotopic (exact) mass is 465 g/mol. The summed E-state index contributed by atoms with van der Waals surface area (Å²) < 4.78 is 22.7. The molecule has 2 aliphatic rings. The maximum Gasteiger partial charge on any atom is 0.257 e. The number of aliphatic hydroxyl groups excluding tert-OH is 1. The van der Waals surface area contributed by atoms with Crippen molar-refractivity contribution < 1.29 is 19.0 Å². The average Bonchev–Trinajstić information content (AvgIpc) is 3.57. The second-order valence-electron chi connectivity index (χ2n) is 8.74. The summed E-state index contributed by atoms with van der Waals surface area (Å²) in [5.41, 5.74) is 2.77. The number of aromatic nitrogens is 5. The zero-order valence-electron chi connectivity index (χ0n) is 18.5. The largest absolute Gasteiger partial charge is 0.388 e. The van der Waals surface area contributed by atoms with Crippen LogP contribution in [0.2, 0.25) is 0 Å². The third-order valence-corrected chi connectivity index (χ3v) is 6.72. The van der Waals surface area contributed by atoms with E-state index < -0.39 is 24.2 Å². The number of fused-ring (bicyclic) bond motifs is 2. The number of hydrogen-bond donors (Lipinski definition) is 3. The number of nitrogens with zero attached hydrogens (tertiary/aromatic N) is 5. The van der Waals surface area contributed by atoms with Crippen LogP contribution in [-0.4, -0.2) is 73.7 Å². The topological polar surface area (TPSA) is 119 Å². The van der Waals surface area contributed by atoms with Gasteiger partial charge in [-0.25, -0.2) is 14.4 Å². The molecular weight excluding hydrogens is 441 g/mol. The molecule has 0 spiro atoms. The van der Waals surface area contributed by atoms with Gasteiger partial charge >= 0.3 is 0 Å². The van der Waals surface area contributed by atoms with E-state index in [9.17, 15) is 14.3 Å². The summed E-state index contributed by atoms with van der Waals surface area (Å²) >= 11 is 0. The minimum atomic E-state index is -1.02. The van der Waals surface area contributed by atoms with Gasteiger partial charge in [-0.15, -0.1) is 0 Å². The van der Waals surface area contributed by atoms with E-state index in [0.717, 1.165) is 10.9 Å². The normalized spacial score (nSPS) is 24.4. The van der Waals surface area contributed by atoms with Gasteiger partial charge in [0.25, 0.3) is 5.91 Å². The Labute approximate surface area is 193 Å². The molecule has 4 aromatic rings. The first-order chi connectivity index (χ1) is 16.5. The van der Waals surface area contributed by atoms with Gasteiger partial charge in [0, 0.05) is 36.5 Å². The van der Waals surface area contributed by atoms with E-state index in [1.807, 2.05) is 29.0 Å². The predicted molar refractivity (Wildman–Crippen MR) is 123 cm³/mol. The summed E-state index contributed by atoms with van der Waals surface area (Å²) in [6.07, 6.45) is 4.50. The summed E-state index contributed by atoms with van der Waals surface area (Å²) in [6.45, 7) is 0.661. The van der Waals surface area contributed by atoms with Crippen LogP contribution in [-0.2, 0) is 4.74 Å². The van der Waals surface area contributed by atoms with Crippen molar-refractivity contribution in [2.45, 2.75) is 37.2 Å². The summed E-state index contributed by atoms with van der Waals surface area (Å²) in [5.74, 6) is 0.240. The minimum absolute atomic E-state index is 0.258. The highest BCUT2D eigenvalue weighted by Gasteiger charge is 2.33. The maximum absolute atomic E-state index is 13.7. The third-order valence-electron chi connectivity index (χ3n) is 6.72. The van der Waals surface area contributed by atoms with E-state index >= 15 is 0 Å². The van der Waals surface area contributed by atoms with Crippen molar-refractivity contribution in [1.29, 1.82) is 0 Å². The van der Waals surface area contributed by atoms with Crippen molar-refractivity contribution >= 4 is 28.4 Å². The molecule has 1 saturated carbocycles. The number of aliphatic hydroxyl groups is 1. The van der Waals surface area contributed by atoms with Crippen molar-refractivity contribution in [3.63, 3.8) is 0 Å². The number of carbonyl (C=O) groups excluding carboxylic acids is 1. The van der Waals surface area contributed by atoms with E-state index in [2.05, 4.69) is 20.7 Å². The second kappa shape index (κ2) is 8.03. The fraction of sp³-hybridized carbons (Fsp3) is 0.391. The van der Waals surface area contributed by atoms with Gasteiger partial charge in [0.2, 0.25) is 0 Å². The molecule has 1 unspecified atom stereocenters. The lowest BCUT2D eigenvalue weighted by molar-refractivity contribution is 0.0826. The molecule has 0 radical (unpaired) electrons. The number of rotatable bonds is 5. The Balaban J connectivity index is 1.48. The van der Waals surface area contributed by atoms with Crippen molar-refractivity contribution in [3.05, 3.63) is 42.4 Å². The van der Waals surface area contributed by atoms with Gasteiger partial charge in [0.15, 0.2) is 5.65 Å². The quantitative estimate of drug-likeness (QED) is 0.412. The van der Waals surface area contributed by atoms with E-state index in [1.54, 1.807) is 17.8 Å². The van der Waals surface area contributed by atoms with Gasteiger partial charge in [-0.3, -0.25) is 4.79 Å². The molecule has 176 valence electrons. The Hall–Kier alpha value is -3.57. The highest BCUT2D eigenvalue weighted by Crippen LogP contribution is 2.34. The van der Waals surface area contributed by atoms with E-state index in [0.29, 0.717) is 42.3 Å². The molecule has 4 atom stereocenters. The predicted octanol–water partition coefficient (Wildman–Crippen LogP) is 1.95. The van der Waals surface area contributed by atoms with Crippen LogP contribution in [0, 0.1) is 0 Å². The van der Waals surface area contributed by atoms with E-state index in [4.69, 9.17) is 9.72 Å². The molecule has 2 fully saturated rings. The Morgan fingerprint density at radius 3 is 2.88 bits per heavy atom. The third kappa shape index (κ3) is 3.23. The second-order valence-corrected chi connectivity index (χ2v) is 8.74. The van der Waals surface area contributed by atoms with Crippen molar-refractivity contribution in [3.8, 4) is 11.3 Å². The number of amides is 1.